The van der Waals surface area contributed by atoms with E-state index in [9.17, 15) is 9.59 Å². The van der Waals surface area contributed by atoms with Crippen molar-refractivity contribution in [1.29, 1.82) is 0 Å². The smallest absolute Gasteiger partial charge is 0.319 e. The van der Waals surface area contributed by atoms with E-state index in [0.717, 1.165) is 24.1 Å². The van der Waals surface area contributed by atoms with Crippen LogP contribution in [0.3, 0.4) is 0 Å². The predicted molar refractivity (Wildman–Crippen MR) is 102 cm³/mol. The highest BCUT2D eigenvalue weighted by Gasteiger charge is 2.16. The van der Waals surface area contributed by atoms with Gasteiger partial charge in [0.1, 0.15) is 0 Å². The van der Waals surface area contributed by atoms with Gasteiger partial charge in [-0.05, 0) is 49.6 Å². The highest BCUT2D eigenvalue weighted by atomic mass is 16.2. The summed E-state index contributed by atoms with van der Waals surface area (Å²) in [6.45, 7) is 6.52. The number of benzene rings is 1. The van der Waals surface area contributed by atoms with Crippen LogP contribution in [0.2, 0.25) is 0 Å². The van der Waals surface area contributed by atoms with Crippen LogP contribution in [0.1, 0.15) is 54.3 Å². The number of nitrogens with zero attached hydrogens (tertiary/aromatic N) is 2. The van der Waals surface area contributed by atoms with Crippen LogP contribution in [0, 0.1) is 6.92 Å². The Morgan fingerprint density at radius 3 is 2.58 bits per heavy atom. The number of hydrogen-bond donors (Lipinski definition) is 3. The minimum absolute atomic E-state index is 0.104. The Balaban J connectivity index is 2.02. The summed E-state index contributed by atoms with van der Waals surface area (Å²) in [7, 11) is 1.85. The summed E-state index contributed by atoms with van der Waals surface area (Å²) in [5, 5.41) is 12.8. The standard InChI is InChI=1S/C19H27N5O2/c1-5-10-20-18(25)14-7-8-16(13(3)12-14)23-19(26)22-15(6-2)17-9-11-21-24(17)4/h7-9,11-12,15H,5-6,10H2,1-4H3,(H,20,25)(H2,22,23,26)/t15-/m0/s1. The van der Waals surface area contributed by atoms with E-state index >= 15 is 0 Å². The van der Waals surface area contributed by atoms with Crippen molar-refractivity contribution in [3.05, 3.63) is 47.3 Å². The summed E-state index contributed by atoms with van der Waals surface area (Å²) >= 11 is 0. The summed E-state index contributed by atoms with van der Waals surface area (Å²) in [5.41, 5.74) is 3.04. The molecule has 0 aliphatic heterocycles. The monoisotopic (exact) mass is 357 g/mol. The summed E-state index contributed by atoms with van der Waals surface area (Å²) in [6.07, 6.45) is 3.35. The molecule has 0 radical (unpaired) electrons. The average molecular weight is 357 g/mol. The molecule has 7 nitrogen and oxygen atoms in total. The third-order valence-electron chi connectivity index (χ3n) is 4.20. The van der Waals surface area contributed by atoms with E-state index in [1.165, 1.54) is 0 Å². The number of anilines is 1. The predicted octanol–water partition coefficient (Wildman–Crippen LogP) is 3.14. The molecule has 2 rings (SSSR count). The van der Waals surface area contributed by atoms with Gasteiger partial charge in [-0.2, -0.15) is 5.10 Å². The van der Waals surface area contributed by atoms with Gasteiger partial charge in [0.15, 0.2) is 0 Å². The lowest BCUT2D eigenvalue weighted by Crippen LogP contribution is -2.33. The molecule has 0 unspecified atom stereocenters. The minimum Gasteiger partial charge on any atom is -0.352 e. The highest BCUT2D eigenvalue weighted by molar-refractivity contribution is 5.96. The van der Waals surface area contributed by atoms with Crippen molar-refractivity contribution < 1.29 is 9.59 Å². The maximum absolute atomic E-state index is 12.4. The second-order valence-corrected chi connectivity index (χ2v) is 6.22. The number of amides is 3. The fourth-order valence-electron chi connectivity index (χ4n) is 2.71. The molecule has 3 amide bonds. The van der Waals surface area contributed by atoms with Crippen molar-refractivity contribution in [2.75, 3.05) is 11.9 Å². The summed E-state index contributed by atoms with van der Waals surface area (Å²) < 4.78 is 1.75. The fourth-order valence-corrected chi connectivity index (χ4v) is 2.71. The van der Waals surface area contributed by atoms with Crippen molar-refractivity contribution in [2.24, 2.45) is 7.05 Å². The quantitative estimate of drug-likeness (QED) is 0.711. The molecule has 0 bridgehead atoms. The third kappa shape index (κ3) is 4.84. The zero-order valence-electron chi connectivity index (χ0n) is 15.8. The van der Waals surface area contributed by atoms with Gasteiger partial charge >= 0.3 is 6.03 Å². The van der Waals surface area contributed by atoms with Crippen molar-refractivity contribution in [2.45, 2.75) is 39.7 Å². The Hall–Kier alpha value is -2.83. The van der Waals surface area contributed by atoms with Crippen LogP contribution >= 0.6 is 0 Å². The summed E-state index contributed by atoms with van der Waals surface area (Å²) in [4.78, 5) is 24.4. The largest absolute Gasteiger partial charge is 0.352 e. The van der Waals surface area contributed by atoms with Crippen LogP contribution < -0.4 is 16.0 Å². The molecule has 2 aromatic rings. The van der Waals surface area contributed by atoms with Crippen LogP contribution in [0.15, 0.2) is 30.5 Å². The number of rotatable bonds is 7. The van der Waals surface area contributed by atoms with E-state index in [2.05, 4.69) is 21.0 Å². The Kier molecular flexibility index (Phi) is 6.77. The van der Waals surface area contributed by atoms with E-state index in [-0.39, 0.29) is 18.0 Å². The number of aromatic nitrogens is 2. The second kappa shape index (κ2) is 9.03. The van der Waals surface area contributed by atoms with Crippen molar-refractivity contribution >= 4 is 17.6 Å². The lowest BCUT2D eigenvalue weighted by Gasteiger charge is -2.18. The van der Waals surface area contributed by atoms with Gasteiger partial charge in [-0.1, -0.05) is 13.8 Å². The van der Waals surface area contributed by atoms with E-state index < -0.39 is 0 Å². The lowest BCUT2D eigenvalue weighted by atomic mass is 10.1. The molecule has 3 N–H and O–H groups in total. The van der Waals surface area contributed by atoms with Crippen LogP contribution in [0.4, 0.5) is 10.5 Å². The number of nitrogens with one attached hydrogen (secondary N) is 3. The van der Waals surface area contributed by atoms with Gasteiger partial charge in [-0.25, -0.2) is 4.79 Å². The van der Waals surface area contributed by atoms with Crippen LogP contribution in [-0.4, -0.2) is 28.3 Å². The fraction of sp³-hybridized carbons (Fsp3) is 0.421. The van der Waals surface area contributed by atoms with Crippen LogP contribution in [0.25, 0.3) is 0 Å². The number of aryl methyl sites for hydroxylation is 2. The molecule has 7 heteroatoms. The Labute approximate surface area is 154 Å². The number of carbonyl (C=O) groups is 2. The molecule has 0 fully saturated rings. The van der Waals surface area contributed by atoms with E-state index in [4.69, 9.17) is 0 Å². The molecular formula is C19H27N5O2. The lowest BCUT2D eigenvalue weighted by molar-refractivity contribution is 0.0953. The zero-order chi connectivity index (χ0) is 19.1. The molecule has 1 aromatic carbocycles. The van der Waals surface area contributed by atoms with Gasteiger partial charge < -0.3 is 16.0 Å². The Morgan fingerprint density at radius 1 is 1.23 bits per heavy atom. The Bertz CT molecular complexity index is 769. The molecule has 0 saturated carbocycles. The van der Waals surface area contributed by atoms with Crippen LogP contribution in [0.5, 0.6) is 0 Å². The van der Waals surface area contributed by atoms with Crippen molar-refractivity contribution in [1.82, 2.24) is 20.4 Å². The molecule has 140 valence electrons. The van der Waals surface area contributed by atoms with Gasteiger partial charge in [-0.15, -0.1) is 0 Å². The molecule has 1 aromatic heterocycles. The van der Waals surface area contributed by atoms with Crippen molar-refractivity contribution in [3.63, 3.8) is 0 Å². The third-order valence-corrected chi connectivity index (χ3v) is 4.20. The topological polar surface area (TPSA) is 88.1 Å². The Morgan fingerprint density at radius 2 is 2.00 bits per heavy atom. The maximum atomic E-state index is 12.4. The first-order valence-corrected chi connectivity index (χ1v) is 8.90. The molecule has 0 spiro atoms. The summed E-state index contributed by atoms with van der Waals surface area (Å²) in [5.74, 6) is -0.104. The van der Waals surface area contributed by atoms with Crippen LogP contribution in [-0.2, 0) is 7.05 Å². The normalized spacial score (nSPS) is 11.7. The highest BCUT2D eigenvalue weighted by Crippen LogP contribution is 2.18. The molecule has 26 heavy (non-hydrogen) atoms. The van der Waals surface area contributed by atoms with Gasteiger partial charge in [0.2, 0.25) is 0 Å². The van der Waals surface area contributed by atoms with E-state index in [0.29, 0.717) is 17.8 Å². The summed E-state index contributed by atoms with van der Waals surface area (Å²) in [6, 6.07) is 6.72. The molecule has 1 heterocycles. The molecular weight excluding hydrogens is 330 g/mol. The van der Waals surface area contributed by atoms with Gasteiger partial charge in [0, 0.05) is 31.0 Å². The minimum atomic E-state index is -0.288. The first kappa shape index (κ1) is 19.5. The van der Waals surface area contributed by atoms with E-state index in [1.54, 1.807) is 29.1 Å². The van der Waals surface area contributed by atoms with Gasteiger partial charge in [-0.3, -0.25) is 9.48 Å². The maximum Gasteiger partial charge on any atom is 0.319 e. The van der Waals surface area contributed by atoms with Gasteiger partial charge in [0.25, 0.3) is 5.91 Å². The SMILES string of the molecule is CCCNC(=O)c1ccc(NC(=O)N[C@@H](CC)c2ccnn2C)c(C)c1. The first-order chi connectivity index (χ1) is 12.5. The molecule has 1 atom stereocenters. The average Bonchev–Trinajstić information content (AvgIpc) is 3.05. The van der Waals surface area contributed by atoms with Gasteiger partial charge in [0.05, 0.1) is 11.7 Å². The first-order valence-electron chi connectivity index (χ1n) is 8.90. The number of carbonyl (C=O) groups excluding carboxylic acids is 2. The van der Waals surface area contributed by atoms with E-state index in [1.807, 2.05) is 33.9 Å². The van der Waals surface area contributed by atoms with Crippen molar-refractivity contribution in [3.8, 4) is 0 Å². The number of hydrogen-bond acceptors (Lipinski definition) is 3. The zero-order valence-corrected chi connectivity index (χ0v) is 15.8. The molecule has 0 aliphatic carbocycles. The molecule has 0 aliphatic rings. The second-order valence-electron chi connectivity index (χ2n) is 6.22. The number of urea groups is 1. The molecule has 0 saturated heterocycles.